The van der Waals surface area contributed by atoms with Gasteiger partial charge in [0.25, 0.3) is 0 Å². The van der Waals surface area contributed by atoms with Gasteiger partial charge in [-0.05, 0) is 44.7 Å². The lowest BCUT2D eigenvalue weighted by molar-refractivity contribution is -0.00683. The van der Waals surface area contributed by atoms with Crippen LogP contribution in [0.2, 0.25) is 0 Å². The molecule has 0 amide bonds. The van der Waals surface area contributed by atoms with Gasteiger partial charge in [0.15, 0.2) is 5.96 Å². The van der Waals surface area contributed by atoms with Crippen LogP contribution in [0.25, 0.3) is 0 Å². The number of morpholine rings is 1. The van der Waals surface area contributed by atoms with E-state index in [0.717, 1.165) is 71.4 Å². The van der Waals surface area contributed by atoms with E-state index in [2.05, 4.69) is 65.5 Å². The predicted molar refractivity (Wildman–Crippen MR) is 120 cm³/mol. The van der Waals surface area contributed by atoms with Crippen molar-refractivity contribution >= 4 is 5.96 Å². The van der Waals surface area contributed by atoms with E-state index in [1.54, 1.807) is 0 Å². The lowest BCUT2D eigenvalue weighted by Crippen LogP contribution is -2.52. The summed E-state index contributed by atoms with van der Waals surface area (Å²) in [6.07, 6.45) is 2.30. The summed E-state index contributed by atoms with van der Waals surface area (Å²) in [4.78, 5) is 9.92. The first kappa shape index (κ1) is 22.1. The summed E-state index contributed by atoms with van der Waals surface area (Å²) in [7, 11) is 0. The van der Waals surface area contributed by atoms with Crippen molar-refractivity contribution in [1.29, 1.82) is 0 Å². The minimum atomic E-state index is 0.0489. The molecule has 1 aromatic carbocycles. The number of hydrogen-bond acceptors (Lipinski definition) is 4. The Bertz CT molecular complexity index is 654. The second-order valence-electron chi connectivity index (χ2n) is 8.68. The lowest BCUT2D eigenvalue weighted by atomic mass is 10.00. The molecular weight excluding hydrogens is 362 g/mol. The highest BCUT2D eigenvalue weighted by atomic mass is 16.5. The molecule has 1 fully saturated rings. The maximum absolute atomic E-state index is 5.49. The summed E-state index contributed by atoms with van der Waals surface area (Å²) >= 11 is 0. The summed E-state index contributed by atoms with van der Waals surface area (Å²) in [6, 6.07) is 8.85. The van der Waals surface area contributed by atoms with Crippen LogP contribution in [0.5, 0.6) is 0 Å². The third kappa shape index (κ3) is 6.69. The zero-order valence-electron chi connectivity index (χ0n) is 18.5. The molecule has 6 nitrogen and oxygen atoms in total. The smallest absolute Gasteiger partial charge is 0.191 e. The molecule has 0 aromatic heterocycles. The summed E-state index contributed by atoms with van der Waals surface area (Å²) in [5, 5.41) is 6.92. The summed E-state index contributed by atoms with van der Waals surface area (Å²) in [5.41, 5.74) is 3.06. The zero-order chi connectivity index (χ0) is 20.5. The molecule has 3 rings (SSSR count). The molecule has 0 saturated carbocycles. The molecule has 2 aliphatic rings. The maximum Gasteiger partial charge on any atom is 0.191 e. The van der Waals surface area contributed by atoms with E-state index in [1.807, 2.05) is 0 Å². The number of nitrogens with one attached hydrogen (secondary N) is 2. The molecule has 2 heterocycles. The van der Waals surface area contributed by atoms with E-state index in [9.17, 15) is 0 Å². The summed E-state index contributed by atoms with van der Waals surface area (Å²) in [6.45, 7) is 16.3. The van der Waals surface area contributed by atoms with Crippen molar-refractivity contribution in [2.75, 3.05) is 59.0 Å². The molecule has 0 aliphatic carbocycles. The largest absolute Gasteiger partial charge is 0.379 e. The minimum absolute atomic E-state index is 0.0489. The van der Waals surface area contributed by atoms with Gasteiger partial charge in [0.05, 0.1) is 19.8 Å². The van der Waals surface area contributed by atoms with Gasteiger partial charge in [-0.25, -0.2) is 0 Å². The van der Waals surface area contributed by atoms with Crippen LogP contribution in [0.1, 0.15) is 38.3 Å². The Kier molecular flexibility index (Phi) is 8.33. The molecule has 2 aliphatic heterocycles. The van der Waals surface area contributed by atoms with Crippen LogP contribution >= 0.6 is 0 Å². The van der Waals surface area contributed by atoms with Crippen LogP contribution < -0.4 is 10.6 Å². The van der Waals surface area contributed by atoms with Crippen molar-refractivity contribution < 1.29 is 4.74 Å². The van der Waals surface area contributed by atoms with Gasteiger partial charge < -0.3 is 15.4 Å². The number of fused-ring (bicyclic) bond motifs is 1. The highest BCUT2D eigenvalue weighted by Crippen LogP contribution is 2.18. The quantitative estimate of drug-likeness (QED) is 0.397. The lowest BCUT2D eigenvalue weighted by Gasteiger charge is -2.39. The number of guanidine groups is 1. The third-order valence-electron chi connectivity index (χ3n) is 5.99. The summed E-state index contributed by atoms with van der Waals surface area (Å²) < 4.78 is 5.49. The Balaban J connectivity index is 1.41. The molecule has 0 bridgehead atoms. The van der Waals surface area contributed by atoms with Gasteiger partial charge in [-0.1, -0.05) is 24.3 Å². The third-order valence-corrected chi connectivity index (χ3v) is 5.99. The van der Waals surface area contributed by atoms with Gasteiger partial charge in [-0.15, -0.1) is 0 Å². The van der Waals surface area contributed by atoms with Gasteiger partial charge >= 0.3 is 0 Å². The first-order valence-electron chi connectivity index (χ1n) is 11.2. The van der Waals surface area contributed by atoms with Crippen LogP contribution in [0, 0.1) is 0 Å². The molecule has 0 unspecified atom stereocenters. The van der Waals surface area contributed by atoms with E-state index < -0.39 is 0 Å². The van der Waals surface area contributed by atoms with Crippen molar-refractivity contribution in [1.82, 2.24) is 20.4 Å². The Hall–Kier alpha value is -1.63. The van der Waals surface area contributed by atoms with E-state index in [4.69, 9.17) is 9.73 Å². The van der Waals surface area contributed by atoms with Gasteiger partial charge in [0, 0.05) is 51.4 Å². The molecule has 2 N–H and O–H groups in total. The fraction of sp³-hybridized carbons (Fsp3) is 0.696. The molecule has 162 valence electrons. The second kappa shape index (κ2) is 11.0. The SMILES string of the molecule is CCNC(=NCC(C)(C)N1CCOCC1)NCCCN1CCc2ccccc2C1. The Morgan fingerprint density at radius 3 is 2.62 bits per heavy atom. The van der Waals surface area contributed by atoms with Crippen LogP contribution in [-0.2, 0) is 17.7 Å². The Morgan fingerprint density at radius 2 is 1.86 bits per heavy atom. The molecular formula is C23H39N5O. The predicted octanol–water partition coefficient (Wildman–Crippen LogP) is 2.10. The fourth-order valence-electron chi connectivity index (χ4n) is 4.14. The molecule has 29 heavy (non-hydrogen) atoms. The standard InChI is InChI=1S/C23H39N5O/c1-4-24-22(26-19-23(2,3)28-14-16-29-17-15-28)25-11-7-12-27-13-10-20-8-5-6-9-21(20)18-27/h5-6,8-9H,4,7,10-19H2,1-3H3,(H2,24,25,26). The van der Waals surface area contributed by atoms with E-state index in [0.29, 0.717) is 0 Å². The fourth-order valence-corrected chi connectivity index (χ4v) is 4.14. The molecule has 6 heteroatoms. The highest BCUT2D eigenvalue weighted by molar-refractivity contribution is 5.79. The minimum Gasteiger partial charge on any atom is -0.379 e. The molecule has 0 spiro atoms. The molecule has 0 atom stereocenters. The van der Waals surface area contributed by atoms with E-state index >= 15 is 0 Å². The number of hydrogen-bond donors (Lipinski definition) is 2. The van der Waals surface area contributed by atoms with E-state index in [1.165, 1.54) is 24.1 Å². The Labute approximate surface area is 176 Å². The average Bonchev–Trinajstić information content (AvgIpc) is 2.75. The van der Waals surface area contributed by atoms with E-state index in [-0.39, 0.29) is 5.54 Å². The van der Waals surface area contributed by atoms with Crippen LogP contribution in [0.15, 0.2) is 29.3 Å². The number of ether oxygens (including phenoxy) is 1. The van der Waals surface area contributed by atoms with Gasteiger partial charge in [0.2, 0.25) is 0 Å². The van der Waals surface area contributed by atoms with Crippen molar-refractivity contribution in [2.45, 2.75) is 45.7 Å². The average molecular weight is 402 g/mol. The number of aliphatic imine (C=N–C) groups is 1. The van der Waals surface area contributed by atoms with Gasteiger partial charge in [-0.2, -0.15) is 0 Å². The topological polar surface area (TPSA) is 52.1 Å². The molecule has 1 aromatic rings. The van der Waals surface area contributed by atoms with Crippen molar-refractivity contribution in [3.8, 4) is 0 Å². The normalized spacial score (nSPS) is 19.1. The number of rotatable bonds is 8. The summed E-state index contributed by atoms with van der Waals surface area (Å²) in [5.74, 6) is 0.929. The highest BCUT2D eigenvalue weighted by Gasteiger charge is 2.28. The maximum atomic E-state index is 5.49. The number of benzene rings is 1. The van der Waals surface area contributed by atoms with Gasteiger partial charge in [-0.3, -0.25) is 14.8 Å². The van der Waals surface area contributed by atoms with Crippen molar-refractivity contribution in [3.63, 3.8) is 0 Å². The molecule has 0 radical (unpaired) electrons. The first-order chi connectivity index (χ1) is 14.1. The zero-order valence-corrected chi connectivity index (χ0v) is 18.5. The first-order valence-corrected chi connectivity index (χ1v) is 11.2. The molecule has 1 saturated heterocycles. The van der Waals surface area contributed by atoms with Crippen LogP contribution in [-0.4, -0.2) is 80.3 Å². The number of nitrogens with zero attached hydrogens (tertiary/aromatic N) is 3. The monoisotopic (exact) mass is 401 g/mol. The van der Waals surface area contributed by atoms with Crippen LogP contribution in [0.3, 0.4) is 0 Å². The van der Waals surface area contributed by atoms with Gasteiger partial charge in [0.1, 0.15) is 0 Å². The van der Waals surface area contributed by atoms with Crippen molar-refractivity contribution in [3.05, 3.63) is 35.4 Å². The van der Waals surface area contributed by atoms with Crippen molar-refractivity contribution in [2.24, 2.45) is 4.99 Å². The van der Waals surface area contributed by atoms with Crippen LogP contribution in [0.4, 0.5) is 0 Å². The second-order valence-corrected chi connectivity index (χ2v) is 8.68. The Morgan fingerprint density at radius 1 is 1.10 bits per heavy atom.